The third-order valence-corrected chi connectivity index (χ3v) is 4.09. The molecule has 6 nitrogen and oxygen atoms in total. The van der Waals surface area contributed by atoms with Gasteiger partial charge in [0.1, 0.15) is 6.54 Å². The molecule has 2 aromatic carbocycles. The summed E-state index contributed by atoms with van der Waals surface area (Å²) in [6.45, 7) is -0.478. The van der Waals surface area contributed by atoms with Crippen LogP contribution in [0.1, 0.15) is 11.1 Å². The minimum absolute atomic E-state index is 0.105. The van der Waals surface area contributed by atoms with E-state index >= 15 is 0 Å². The van der Waals surface area contributed by atoms with Crippen LogP contribution in [-0.2, 0) is 24.1 Å². The van der Waals surface area contributed by atoms with Gasteiger partial charge in [-0.05, 0) is 42.0 Å². The number of alkyl halides is 3. The van der Waals surface area contributed by atoms with Crippen molar-refractivity contribution in [3.63, 3.8) is 0 Å². The van der Waals surface area contributed by atoms with Gasteiger partial charge in [-0.3, -0.25) is 9.78 Å². The molecule has 3 aromatic rings. The molecule has 3 rings (SSSR count). The lowest BCUT2D eigenvalue weighted by Crippen LogP contribution is -2.31. The van der Waals surface area contributed by atoms with E-state index in [-0.39, 0.29) is 18.9 Å². The molecule has 1 aromatic heterocycles. The number of benzene rings is 2. The zero-order valence-electron chi connectivity index (χ0n) is 14.3. The third-order valence-electron chi connectivity index (χ3n) is 3.84. The Morgan fingerprint density at radius 1 is 1.18 bits per heavy atom. The Morgan fingerprint density at radius 2 is 1.89 bits per heavy atom. The highest BCUT2D eigenvalue weighted by Gasteiger charge is 2.30. The predicted octanol–water partition coefficient (Wildman–Crippen LogP) is 3.23. The molecule has 0 atom stereocenters. The molecule has 146 valence electrons. The lowest BCUT2D eigenvalue weighted by Gasteiger charge is -2.09. The molecule has 0 aliphatic carbocycles. The van der Waals surface area contributed by atoms with Crippen molar-refractivity contribution < 1.29 is 18.0 Å². The van der Waals surface area contributed by atoms with Crippen molar-refractivity contribution in [2.24, 2.45) is 0 Å². The highest BCUT2D eigenvalue weighted by atomic mass is 35.5. The monoisotopic (exact) mass is 410 g/mol. The van der Waals surface area contributed by atoms with Gasteiger partial charge in [0.15, 0.2) is 5.82 Å². The van der Waals surface area contributed by atoms with E-state index in [1.165, 1.54) is 12.1 Å². The molecule has 0 aliphatic heterocycles. The summed E-state index contributed by atoms with van der Waals surface area (Å²) >= 11 is 5.81. The van der Waals surface area contributed by atoms with Gasteiger partial charge in [0.05, 0.1) is 5.56 Å². The quantitative estimate of drug-likeness (QED) is 0.677. The number of nitrogens with one attached hydrogen (secondary N) is 2. The summed E-state index contributed by atoms with van der Waals surface area (Å²) in [5.74, 6) is -0.291. The van der Waals surface area contributed by atoms with Crippen molar-refractivity contribution in [2.45, 2.75) is 19.3 Å². The van der Waals surface area contributed by atoms with Crippen molar-refractivity contribution in [3.8, 4) is 11.4 Å². The summed E-state index contributed by atoms with van der Waals surface area (Å²) in [6.07, 6.45) is -4.46. The number of H-pyrrole nitrogens is 1. The van der Waals surface area contributed by atoms with Crippen LogP contribution >= 0.6 is 11.6 Å². The second-order valence-electron chi connectivity index (χ2n) is 5.92. The molecular formula is C18H14ClF3N4O2. The predicted molar refractivity (Wildman–Crippen MR) is 96.6 cm³/mol. The normalized spacial score (nSPS) is 11.4. The van der Waals surface area contributed by atoms with Crippen LogP contribution in [0.25, 0.3) is 11.4 Å². The second-order valence-corrected chi connectivity index (χ2v) is 6.35. The lowest BCUT2D eigenvalue weighted by molar-refractivity contribution is -0.137. The van der Waals surface area contributed by atoms with Gasteiger partial charge in [0.25, 0.3) is 0 Å². The van der Waals surface area contributed by atoms with E-state index in [1.807, 2.05) is 0 Å². The van der Waals surface area contributed by atoms with Gasteiger partial charge in [-0.1, -0.05) is 23.7 Å². The van der Waals surface area contributed by atoms with Gasteiger partial charge < -0.3 is 5.32 Å². The summed E-state index contributed by atoms with van der Waals surface area (Å²) < 4.78 is 39.1. The molecule has 1 amide bonds. The average Bonchev–Trinajstić information content (AvgIpc) is 3.00. The Hall–Kier alpha value is -3.07. The van der Waals surface area contributed by atoms with E-state index in [0.717, 1.165) is 16.8 Å². The first-order valence-electron chi connectivity index (χ1n) is 8.08. The van der Waals surface area contributed by atoms with E-state index in [0.29, 0.717) is 16.1 Å². The lowest BCUT2D eigenvalue weighted by atomic mass is 10.1. The molecule has 2 N–H and O–H groups in total. The largest absolute Gasteiger partial charge is 0.416 e. The number of hydrogen-bond acceptors (Lipinski definition) is 3. The highest BCUT2D eigenvalue weighted by molar-refractivity contribution is 6.30. The summed E-state index contributed by atoms with van der Waals surface area (Å²) in [4.78, 5) is 26.5. The Balaban J connectivity index is 1.64. The topological polar surface area (TPSA) is 79.8 Å². The van der Waals surface area contributed by atoms with Gasteiger partial charge in [-0.25, -0.2) is 9.48 Å². The van der Waals surface area contributed by atoms with Crippen LogP contribution in [0, 0.1) is 0 Å². The molecule has 0 unspecified atom stereocenters. The van der Waals surface area contributed by atoms with Crippen molar-refractivity contribution in [1.29, 1.82) is 0 Å². The molecule has 10 heteroatoms. The number of aromatic amines is 1. The van der Waals surface area contributed by atoms with Crippen LogP contribution < -0.4 is 11.0 Å². The number of rotatable bonds is 5. The molecule has 1 heterocycles. The molecule has 0 bridgehead atoms. The average molecular weight is 411 g/mol. The van der Waals surface area contributed by atoms with Crippen molar-refractivity contribution in [1.82, 2.24) is 20.1 Å². The number of aromatic nitrogens is 3. The summed E-state index contributed by atoms with van der Waals surface area (Å²) in [5, 5.41) is 7.05. The molecule has 0 saturated heterocycles. The number of amides is 1. The SMILES string of the molecule is O=C(Cn1nc(-c2ccc(Cl)cc2)[nH]c1=O)NCc1cccc(C(F)(F)F)c1. The molecule has 0 aliphatic rings. The Bertz CT molecular complexity index is 1040. The van der Waals surface area contributed by atoms with E-state index in [2.05, 4.69) is 15.4 Å². The maximum Gasteiger partial charge on any atom is 0.416 e. The van der Waals surface area contributed by atoms with E-state index < -0.39 is 23.3 Å². The highest BCUT2D eigenvalue weighted by Crippen LogP contribution is 2.29. The maximum absolute atomic E-state index is 12.7. The summed E-state index contributed by atoms with van der Waals surface area (Å²) in [6, 6.07) is 11.2. The van der Waals surface area contributed by atoms with E-state index in [4.69, 9.17) is 11.6 Å². The maximum atomic E-state index is 12.7. The Labute approximate surface area is 162 Å². The number of carbonyl (C=O) groups excluding carboxylic acids is 1. The minimum atomic E-state index is -4.46. The third kappa shape index (κ3) is 4.80. The molecule has 28 heavy (non-hydrogen) atoms. The first-order chi connectivity index (χ1) is 13.2. The van der Waals surface area contributed by atoms with Crippen LogP contribution in [-0.4, -0.2) is 20.7 Å². The van der Waals surface area contributed by atoms with E-state index in [1.54, 1.807) is 24.3 Å². The van der Waals surface area contributed by atoms with Crippen LogP contribution in [0.3, 0.4) is 0 Å². The Kier molecular flexibility index (Phi) is 5.55. The fourth-order valence-electron chi connectivity index (χ4n) is 2.45. The van der Waals surface area contributed by atoms with Gasteiger partial charge in [-0.2, -0.15) is 13.2 Å². The molecule has 0 radical (unpaired) electrons. The van der Waals surface area contributed by atoms with Gasteiger partial charge in [0.2, 0.25) is 5.91 Å². The summed E-state index contributed by atoms with van der Waals surface area (Å²) in [5.41, 5.74) is -0.474. The molecule has 0 spiro atoms. The molecule has 0 fully saturated rings. The van der Waals surface area contributed by atoms with Crippen LogP contribution in [0.15, 0.2) is 53.3 Å². The van der Waals surface area contributed by atoms with Gasteiger partial charge in [0, 0.05) is 17.1 Å². The second kappa shape index (κ2) is 7.89. The van der Waals surface area contributed by atoms with E-state index in [9.17, 15) is 22.8 Å². The van der Waals surface area contributed by atoms with Crippen molar-refractivity contribution >= 4 is 17.5 Å². The first kappa shape index (κ1) is 19.7. The zero-order chi connectivity index (χ0) is 20.3. The van der Waals surface area contributed by atoms with Crippen molar-refractivity contribution in [3.05, 3.63) is 75.2 Å². The first-order valence-corrected chi connectivity index (χ1v) is 8.46. The Morgan fingerprint density at radius 3 is 2.57 bits per heavy atom. The number of hydrogen-bond donors (Lipinski definition) is 2. The summed E-state index contributed by atoms with van der Waals surface area (Å²) in [7, 11) is 0. The zero-order valence-corrected chi connectivity index (χ0v) is 15.0. The fourth-order valence-corrected chi connectivity index (χ4v) is 2.58. The minimum Gasteiger partial charge on any atom is -0.350 e. The fraction of sp³-hybridized carbons (Fsp3) is 0.167. The van der Waals surface area contributed by atoms with Crippen molar-refractivity contribution in [2.75, 3.05) is 0 Å². The van der Waals surface area contributed by atoms with Crippen LogP contribution in [0.5, 0.6) is 0 Å². The smallest absolute Gasteiger partial charge is 0.350 e. The van der Waals surface area contributed by atoms with Gasteiger partial charge in [-0.15, -0.1) is 5.10 Å². The molecular weight excluding hydrogens is 397 g/mol. The van der Waals surface area contributed by atoms with Crippen LogP contribution in [0.4, 0.5) is 13.2 Å². The number of nitrogens with zero attached hydrogens (tertiary/aromatic N) is 2. The standard InChI is InChI=1S/C18H14ClF3N4O2/c19-14-6-4-12(5-7-14)16-24-17(28)26(25-16)10-15(27)23-9-11-2-1-3-13(8-11)18(20,21)22/h1-8H,9-10H2,(H,23,27)(H,24,25,28). The number of carbonyl (C=O) groups is 1. The van der Waals surface area contributed by atoms with Crippen LogP contribution in [0.2, 0.25) is 5.02 Å². The van der Waals surface area contributed by atoms with Gasteiger partial charge >= 0.3 is 11.9 Å². The number of halogens is 4. The molecule has 0 saturated carbocycles.